The molecule has 0 radical (unpaired) electrons. The monoisotopic (exact) mass is 349 g/mol. The molecule has 2 aliphatic heterocycles. The fourth-order valence-electron chi connectivity index (χ4n) is 3.96. The van der Waals surface area contributed by atoms with Crippen molar-refractivity contribution in [1.82, 2.24) is 19.3 Å². The Bertz CT molecular complexity index is 839. The van der Waals surface area contributed by atoms with E-state index in [1.165, 1.54) is 5.56 Å². The van der Waals surface area contributed by atoms with Crippen LogP contribution in [0.2, 0.25) is 0 Å². The van der Waals surface area contributed by atoms with Crippen molar-refractivity contribution in [2.45, 2.75) is 38.6 Å². The van der Waals surface area contributed by atoms with Gasteiger partial charge in [-0.05, 0) is 31.2 Å². The number of piperidine rings is 1. The molecule has 8 heteroatoms. The molecule has 0 unspecified atom stereocenters. The van der Waals surface area contributed by atoms with Crippen LogP contribution in [0, 0.1) is 0 Å². The number of hydrogen-bond acceptors (Lipinski definition) is 5. The smallest absolute Gasteiger partial charge is 0.214 e. The molecular weight excluding hydrogens is 326 g/mol. The van der Waals surface area contributed by atoms with E-state index in [-0.39, 0.29) is 6.04 Å². The minimum absolute atomic E-state index is 0.142. The molecule has 0 spiro atoms. The second-order valence-electron chi connectivity index (χ2n) is 6.59. The minimum atomic E-state index is -3.02. The van der Waals surface area contributed by atoms with Gasteiger partial charge in [-0.2, -0.15) is 4.31 Å². The first kappa shape index (κ1) is 15.8. The lowest BCUT2D eigenvalue weighted by Crippen LogP contribution is -2.45. The Balaban J connectivity index is 1.55. The predicted molar refractivity (Wildman–Crippen MR) is 93.6 cm³/mol. The summed E-state index contributed by atoms with van der Waals surface area (Å²) in [5.74, 6) is 1.28. The van der Waals surface area contributed by atoms with Crippen molar-refractivity contribution >= 4 is 26.9 Å². The van der Waals surface area contributed by atoms with Crippen molar-refractivity contribution in [1.29, 1.82) is 0 Å². The highest BCUT2D eigenvalue weighted by Gasteiger charge is 2.36. The fraction of sp³-hybridized carbons (Fsp3) is 0.625. The Labute approximate surface area is 142 Å². The van der Waals surface area contributed by atoms with Crippen molar-refractivity contribution < 1.29 is 8.42 Å². The molecule has 2 aliphatic rings. The van der Waals surface area contributed by atoms with E-state index in [2.05, 4.69) is 26.8 Å². The van der Waals surface area contributed by atoms with E-state index in [1.807, 2.05) is 6.20 Å². The van der Waals surface area contributed by atoms with Crippen LogP contribution >= 0.6 is 0 Å². The quantitative estimate of drug-likeness (QED) is 0.909. The van der Waals surface area contributed by atoms with Crippen LogP contribution < -0.4 is 4.90 Å². The molecule has 24 heavy (non-hydrogen) atoms. The Morgan fingerprint density at radius 1 is 1.25 bits per heavy atom. The number of H-pyrrole nitrogens is 1. The van der Waals surface area contributed by atoms with E-state index in [4.69, 9.17) is 0 Å². The van der Waals surface area contributed by atoms with E-state index in [9.17, 15) is 8.42 Å². The molecule has 0 bridgehead atoms. The Morgan fingerprint density at radius 2 is 2.04 bits per heavy atom. The summed E-state index contributed by atoms with van der Waals surface area (Å²) in [7, 11) is -3.02. The molecule has 4 heterocycles. The van der Waals surface area contributed by atoms with Crippen molar-refractivity contribution in [3.05, 3.63) is 18.1 Å². The van der Waals surface area contributed by atoms with Crippen LogP contribution in [0.1, 0.15) is 31.7 Å². The molecule has 2 saturated heterocycles. The highest BCUT2D eigenvalue weighted by molar-refractivity contribution is 7.89. The van der Waals surface area contributed by atoms with E-state index in [0.29, 0.717) is 12.3 Å². The van der Waals surface area contributed by atoms with Crippen LogP contribution in [0.3, 0.4) is 0 Å². The number of rotatable bonds is 3. The third-order valence-corrected chi connectivity index (χ3v) is 7.22. The lowest BCUT2D eigenvalue weighted by atomic mass is 10.0. The van der Waals surface area contributed by atoms with Gasteiger partial charge in [-0.1, -0.05) is 6.92 Å². The third kappa shape index (κ3) is 2.57. The first-order valence-corrected chi connectivity index (χ1v) is 10.3. The van der Waals surface area contributed by atoms with Crippen LogP contribution in [0.15, 0.2) is 12.5 Å². The van der Waals surface area contributed by atoms with Crippen LogP contribution in [0.4, 0.5) is 5.82 Å². The summed E-state index contributed by atoms with van der Waals surface area (Å²) in [5, 5.41) is 1.10. The van der Waals surface area contributed by atoms with Gasteiger partial charge in [-0.3, -0.25) is 0 Å². The van der Waals surface area contributed by atoms with Crippen molar-refractivity contribution in [3.8, 4) is 0 Å². The topological polar surface area (TPSA) is 82.2 Å². The van der Waals surface area contributed by atoms with E-state index < -0.39 is 10.0 Å². The molecule has 0 amide bonds. The molecule has 7 nitrogen and oxygen atoms in total. The second-order valence-corrected chi connectivity index (χ2v) is 8.63. The lowest BCUT2D eigenvalue weighted by Gasteiger charge is -2.36. The number of aryl methyl sites for hydroxylation is 1. The number of hydrogen-bond donors (Lipinski definition) is 1. The Kier molecular flexibility index (Phi) is 3.96. The zero-order valence-corrected chi connectivity index (χ0v) is 14.7. The molecule has 2 aromatic rings. The summed E-state index contributed by atoms with van der Waals surface area (Å²) in [6, 6.07) is 0.142. The molecule has 2 fully saturated rings. The number of fused-ring (bicyclic) bond motifs is 1. The average molecular weight is 349 g/mol. The number of aromatic nitrogens is 3. The zero-order valence-electron chi connectivity index (χ0n) is 13.9. The molecule has 1 N–H and O–H groups in total. The summed E-state index contributed by atoms with van der Waals surface area (Å²) in [5.41, 5.74) is 2.10. The summed E-state index contributed by atoms with van der Waals surface area (Å²) in [6.07, 6.45) is 7.02. The second kappa shape index (κ2) is 6.00. The Hall–Kier alpha value is -1.67. The van der Waals surface area contributed by atoms with Gasteiger partial charge in [0.05, 0.1) is 11.1 Å². The van der Waals surface area contributed by atoms with Crippen molar-refractivity contribution in [3.63, 3.8) is 0 Å². The number of sulfonamides is 1. The van der Waals surface area contributed by atoms with Gasteiger partial charge in [0.1, 0.15) is 17.8 Å². The van der Waals surface area contributed by atoms with Gasteiger partial charge in [-0.25, -0.2) is 18.4 Å². The number of anilines is 1. The van der Waals surface area contributed by atoms with Gasteiger partial charge in [0.15, 0.2) is 0 Å². The van der Waals surface area contributed by atoms with Gasteiger partial charge < -0.3 is 9.88 Å². The third-order valence-electron chi connectivity index (χ3n) is 5.22. The number of nitrogens with zero attached hydrogens (tertiary/aromatic N) is 4. The molecule has 4 rings (SSSR count). The predicted octanol–water partition coefficient (Wildman–Crippen LogP) is 1.52. The standard InChI is InChI=1S/C16H23N5O2S/c1-2-12-10-17-15-14(12)16(19-11-18-15)20-7-4-13(5-8-20)21-6-3-9-24(21,22)23/h10-11,13H,2-9H2,1H3,(H,17,18,19). The van der Waals surface area contributed by atoms with Crippen LogP contribution in [0.5, 0.6) is 0 Å². The summed E-state index contributed by atoms with van der Waals surface area (Å²) in [6.45, 7) is 4.47. The van der Waals surface area contributed by atoms with E-state index in [1.54, 1.807) is 10.6 Å². The maximum Gasteiger partial charge on any atom is 0.214 e. The molecule has 0 saturated carbocycles. The van der Waals surface area contributed by atoms with Crippen molar-refractivity contribution in [2.24, 2.45) is 0 Å². The highest BCUT2D eigenvalue weighted by atomic mass is 32.2. The largest absolute Gasteiger partial charge is 0.356 e. The van der Waals surface area contributed by atoms with Gasteiger partial charge >= 0.3 is 0 Å². The first-order valence-electron chi connectivity index (χ1n) is 8.65. The SMILES string of the molecule is CCc1c[nH]c2ncnc(N3CCC(N4CCCS4(=O)=O)CC3)c12. The van der Waals surface area contributed by atoms with Crippen LogP contribution in [-0.2, 0) is 16.4 Å². The average Bonchev–Trinajstić information content (AvgIpc) is 3.17. The van der Waals surface area contributed by atoms with Crippen LogP contribution in [-0.4, -0.2) is 59.1 Å². The number of aromatic amines is 1. The highest BCUT2D eigenvalue weighted by Crippen LogP contribution is 2.31. The summed E-state index contributed by atoms with van der Waals surface area (Å²) >= 11 is 0. The maximum absolute atomic E-state index is 12.1. The molecule has 2 aromatic heterocycles. The lowest BCUT2D eigenvalue weighted by molar-refractivity contribution is 0.290. The summed E-state index contributed by atoms with van der Waals surface area (Å²) < 4.78 is 26.0. The van der Waals surface area contributed by atoms with E-state index in [0.717, 1.165) is 55.6 Å². The van der Waals surface area contributed by atoms with Crippen LogP contribution in [0.25, 0.3) is 11.0 Å². The van der Waals surface area contributed by atoms with Gasteiger partial charge in [0, 0.05) is 31.9 Å². The number of nitrogens with one attached hydrogen (secondary N) is 1. The minimum Gasteiger partial charge on any atom is -0.356 e. The van der Waals surface area contributed by atoms with E-state index >= 15 is 0 Å². The molecular formula is C16H23N5O2S. The Morgan fingerprint density at radius 3 is 2.71 bits per heavy atom. The maximum atomic E-state index is 12.1. The molecule has 0 aromatic carbocycles. The van der Waals surface area contributed by atoms with Gasteiger partial charge in [0.25, 0.3) is 0 Å². The van der Waals surface area contributed by atoms with Gasteiger partial charge in [-0.15, -0.1) is 0 Å². The summed E-state index contributed by atoms with van der Waals surface area (Å²) in [4.78, 5) is 14.3. The van der Waals surface area contributed by atoms with Gasteiger partial charge in [0.2, 0.25) is 10.0 Å². The molecule has 130 valence electrons. The zero-order chi connectivity index (χ0) is 16.7. The molecule has 0 aliphatic carbocycles. The first-order chi connectivity index (χ1) is 11.6. The normalized spacial score (nSPS) is 22.5. The molecule has 0 atom stereocenters. The van der Waals surface area contributed by atoms with Crippen molar-refractivity contribution in [2.75, 3.05) is 30.3 Å². The fourth-order valence-corrected chi connectivity index (χ4v) is 5.76.